The van der Waals surface area contributed by atoms with Crippen LogP contribution < -0.4 is 4.74 Å². The first-order valence-electron chi connectivity index (χ1n) is 8.09. The number of ether oxygens (including phenoxy) is 1. The number of methoxy groups -OCH3 is 1. The molecule has 0 atom stereocenters. The first kappa shape index (κ1) is 15.8. The van der Waals surface area contributed by atoms with Crippen LogP contribution in [-0.2, 0) is 13.5 Å². The van der Waals surface area contributed by atoms with Gasteiger partial charge in [-0.1, -0.05) is 24.7 Å². The van der Waals surface area contributed by atoms with Gasteiger partial charge in [-0.3, -0.25) is 4.68 Å². The van der Waals surface area contributed by atoms with Crippen molar-refractivity contribution in [3.05, 3.63) is 36.0 Å². The zero-order valence-corrected chi connectivity index (χ0v) is 15.1. The molecular formula is C17H18N6OS. The third kappa shape index (κ3) is 2.78. The fourth-order valence-electron chi connectivity index (χ4n) is 2.75. The van der Waals surface area contributed by atoms with Gasteiger partial charge in [-0.05, 0) is 36.8 Å². The van der Waals surface area contributed by atoms with E-state index in [9.17, 15) is 0 Å². The van der Waals surface area contributed by atoms with Crippen LogP contribution in [0.2, 0.25) is 0 Å². The van der Waals surface area contributed by atoms with E-state index in [0.717, 1.165) is 51.3 Å². The van der Waals surface area contributed by atoms with E-state index in [1.54, 1.807) is 11.6 Å². The molecule has 4 rings (SSSR count). The summed E-state index contributed by atoms with van der Waals surface area (Å²) in [5.74, 6) is 1.53. The first-order valence-corrected chi connectivity index (χ1v) is 8.91. The van der Waals surface area contributed by atoms with Gasteiger partial charge in [0.15, 0.2) is 10.8 Å². The number of nitrogens with zero attached hydrogens (tertiary/aromatic N) is 6. The molecule has 7 nitrogen and oxygen atoms in total. The fourth-order valence-corrected chi connectivity index (χ4v) is 3.63. The van der Waals surface area contributed by atoms with E-state index >= 15 is 0 Å². The van der Waals surface area contributed by atoms with Gasteiger partial charge in [0.05, 0.1) is 18.5 Å². The van der Waals surface area contributed by atoms with E-state index in [1.165, 1.54) is 11.3 Å². The second-order valence-corrected chi connectivity index (χ2v) is 6.70. The smallest absolute Gasteiger partial charge is 0.235 e. The molecule has 0 N–H and O–H groups in total. The van der Waals surface area contributed by atoms with Crippen LogP contribution in [0.5, 0.6) is 5.75 Å². The van der Waals surface area contributed by atoms with Crippen LogP contribution in [0.15, 0.2) is 30.3 Å². The number of aryl methyl sites for hydroxylation is 2. The van der Waals surface area contributed by atoms with Gasteiger partial charge in [0.2, 0.25) is 4.96 Å². The molecule has 0 saturated carbocycles. The lowest BCUT2D eigenvalue weighted by atomic mass is 10.2. The Morgan fingerprint density at radius 1 is 1.12 bits per heavy atom. The molecule has 0 aliphatic heterocycles. The molecule has 3 heterocycles. The largest absolute Gasteiger partial charge is 0.497 e. The Bertz CT molecular complexity index is 1010. The van der Waals surface area contributed by atoms with Crippen LogP contribution in [0.4, 0.5) is 0 Å². The van der Waals surface area contributed by atoms with Crippen molar-refractivity contribution in [3.63, 3.8) is 0 Å². The molecule has 0 saturated heterocycles. The normalized spacial score (nSPS) is 11.3. The molecule has 0 spiro atoms. The summed E-state index contributed by atoms with van der Waals surface area (Å²) in [7, 11) is 3.60. The first-order chi connectivity index (χ1) is 12.2. The van der Waals surface area contributed by atoms with Gasteiger partial charge in [-0.15, -0.1) is 10.2 Å². The second kappa shape index (κ2) is 6.29. The lowest BCUT2D eigenvalue weighted by molar-refractivity contribution is 0.415. The highest BCUT2D eigenvalue weighted by molar-refractivity contribution is 7.19. The Kier molecular flexibility index (Phi) is 3.96. The van der Waals surface area contributed by atoms with Gasteiger partial charge in [-0.2, -0.15) is 14.7 Å². The number of rotatable bonds is 5. The molecule has 0 bridgehead atoms. The number of hydrogen-bond donors (Lipinski definition) is 0. The molecule has 1 aromatic carbocycles. The zero-order chi connectivity index (χ0) is 17.4. The van der Waals surface area contributed by atoms with Crippen LogP contribution in [-0.4, -0.2) is 36.7 Å². The van der Waals surface area contributed by atoms with E-state index < -0.39 is 0 Å². The fraction of sp³-hybridized carbons (Fsp3) is 0.294. The van der Waals surface area contributed by atoms with Crippen LogP contribution in [0.25, 0.3) is 27.1 Å². The maximum atomic E-state index is 5.21. The highest BCUT2D eigenvalue weighted by Crippen LogP contribution is 2.29. The molecule has 0 fully saturated rings. The average Bonchev–Trinajstić information content (AvgIpc) is 3.29. The molecule has 0 radical (unpaired) electrons. The van der Waals surface area contributed by atoms with E-state index in [1.807, 2.05) is 36.0 Å². The topological polar surface area (TPSA) is 70.1 Å². The summed E-state index contributed by atoms with van der Waals surface area (Å²) in [4.78, 5) is 0.763. The molecule has 128 valence electrons. The minimum Gasteiger partial charge on any atom is -0.497 e. The van der Waals surface area contributed by atoms with Crippen molar-refractivity contribution in [2.24, 2.45) is 7.05 Å². The molecule has 3 aromatic heterocycles. The molecule has 0 aliphatic carbocycles. The van der Waals surface area contributed by atoms with Crippen LogP contribution in [0.1, 0.15) is 19.0 Å². The number of hydrogen-bond acceptors (Lipinski definition) is 6. The maximum Gasteiger partial charge on any atom is 0.235 e. The Morgan fingerprint density at radius 2 is 1.92 bits per heavy atom. The summed E-state index contributed by atoms with van der Waals surface area (Å²) in [6.07, 6.45) is 2.04. The van der Waals surface area contributed by atoms with Gasteiger partial charge in [0.1, 0.15) is 5.75 Å². The predicted molar refractivity (Wildman–Crippen MR) is 96.8 cm³/mol. The minimum absolute atomic E-state index is 0.719. The highest BCUT2D eigenvalue weighted by atomic mass is 32.1. The van der Waals surface area contributed by atoms with Crippen molar-refractivity contribution in [1.29, 1.82) is 0 Å². The zero-order valence-electron chi connectivity index (χ0n) is 14.3. The van der Waals surface area contributed by atoms with Gasteiger partial charge in [0, 0.05) is 12.6 Å². The summed E-state index contributed by atoms with van der Waals surface area (Å²) in [5, 5.41) is 18.7. The van der Waals surface area contributed by atoms with E-state index in [2.05, 4.69) is 28.3 Å². The van der Waals surface area contributed by atoms with Crippen molar-refractivity contribution in [2.45, 2.75) is 19.8 Å². The van der Waals surface area contributed by atoms with Crippen LogP contribution in [0.3, 0.4) is 0 Å². The Hall–Kier alpha value is -2.74. The number of benzene rings is 1. The standard InChI is InChI=1S/C17H18N6OS/c1-4-5-12-10-14(22(2)20-12)16-21-23-15(18-19-17(23)25-16)11-6-8-13(24-3)9-7-11/h6-10H,4-5H2,1-3H3. The van der Waals surface area contributed by atoms with Crippen molar-refractivity contribution >= 4 is 16.3 Å². The SMILES string of the molecule is CCCc1cc(-c2nn3c(-c4ccc(OC)cc4)nnc3s2)n(C)n1. The molecule has 8 heteroatoms. The molecule has 4 aromatic rings. The minimum atomic E-state index is 0.719. The summed E-state index contributed by atoms with van der Waals surface area (Å²) in [6, 6.07) is 9.82. The van der Waals surface area contributed by atoms with E-state index in [-0.39, 0.29) is 0 Å². The van der Waals surface area contributed by atoms with Crippen molar-refractivity contribution in [3.8, 4) is 27.8 Å². The van der Waals surface area contributed by atoms with E-state index in [4.69, 9.17) is 9.84 Å². The van der Waals surface area contributed by atoms with Gasteiger partial charge in [0.25, 0.3) is 0 Å². The van der Waals surface area contributed by atoms with Crippen LogP contribution >= 0.6 is 11.3 Å². The van der Waals surface area contributed by atoms with Gasteiger partial charge >= 0.3 is 0 Å². The molecule has 25 heavy (non-hydrogen) atoms. The highest BCUT2D eigenvalue weighted by Gasteiger charge is 2.17. The molecule has 0 amide bonds. The third-order valence-corrected chi connectivity index (χ3v) is 4.92. The molecule has 0 unspecified atom stereocenters. The lowest BCUT2D eigenvalue weighted by Gasteiger charge is -2.00. The lowest BCUT2D eigenvalue weighted by Crippen LogP contribution is -1.96. The third-order valence-electron chi connectivity index (χ3n) is 3.99. The Morgan fingerprint density at radius 3 is 2.64 bits per heavy atom. The predicted octanol–water partition coefficient (Wildman–Crippen LogP) is 3.21. The van der Waals surface area contributed by atoms with Gasteiger partial charge in [-0.25, -0.2) is 0 Å². The van der Waals surface area contributed by atoms with Gasteiger partial charge < -0.3 is 4.74 Å². The molecular weight excluding hydrogens is 336 g/mol. The summed E-state index contributed by atoms with van der Waals surface area (Å²) in [5.41, 5.74) is 3.03. The summed E-state index contributed by atoms with van der Waals surface area (Å²) in [6.45, 7) is 2.15. The quantitative estimate of drug-likeness (QED) is 0.550. The maximum absolute atomic E-state index is 5.21. The van der Waals surface area contributed by atoms with Crippen LogP contribution in [0, 0.1) is 0 Å². The Labute approximate surface area is 148 Å². The number of aromatic nitrogens is 6. The summed E-state index contributed by atoms with van der Waals surface area (Å²) < 4.78 is 8.87. The second-order valence-electron chi connectivity index (χ2n) is 5.75. The average molecular weight is 354 g/mol. The summed E-state index contributed by atoms with van der Waals surface area (Å²) >= 11 is 1.51. The molecule has 0 aliphatic rings. The number of fused-ring (bicyclic) bond motifs is 1. The van der Waals surface area contributed by atoms with Crippen molar-refractivity contribution in [2.75, 3.05) is 7.11 Å². The van der Waals surface area contributed by atoms with Crippen molar-refractivity contribution in [1.82, 2.24) is 29.6 Å². The van der Waals surface area contributed by atoms with Crippen molar-refractivity contribution < 1.29 is 4.74 Å². The Balaban J connectivity index is 1.75. The monoisotopic (exact) mass is 354 g/mol. The van der Waals surface area contributed by atoms with E-state index in [0.29, 0.717) is 0 Å².